The molecule has 4 atom stereocenters. The number of benzene rings is 2. The summed E-state index contributed by atoms with van der Waals surface area (Å²) in [4.78, 5) is 38.3. The highest BCUT2D eigenvalue weighted by Crippen LogP contribution is 2.44. The largest absolute Gasteiger partial charge is 0.497 e. The molecule has 0 aromatic heterocycles. The van der Waals surface area contributed by atoms with Crippen LogP contribution in [0.15, 0.2) is 47.6 Å². The van der Waals surface area contributed by atoms with Gasteiger partial charge >= 0.3 is 6.03 Å². The molecule has 11 nitrogen and oxygen atoms in total. The molecule has 2 aromatic rings. The molecule has 2 aliphatic heterocycles. The van der Waals surface area contributed by atoms with Crippen molar-refractivity contribution in [2.75, 3.05) is 39.8 Å². The van der Waals surface area contributed by atoms with E-state index in [0.717, 1.165) is 59.8 Å². The molecular formula is C34H50N6O5S. The molecule has 4 N–H and O–H groups in total. The van der Waals surface area contributed by atoms with Crippen LogP contribution < -0.4 is 25.8 Å². The lowest BCUT2D eigenvalue weighted by Crippen LogP contribution is -2.58. The topological polar surface area (TPSA) is 139 Å². The molecule has 0 radical (unpaired) electrons. The van der Waals surface area contributed by atoms with E-state index in [1.54, 1.807) is 38.0 Å². The maximum Gasteiger partial charge on any atom is 0.316 e. The van der Waals surface area contributed by atoms with Crippen molar-refractivity contribution in [1.82, 2.24) is 20.5 Å². The molecule has 4 amide bonds. The smallest absolute Gasteiger partial charge is 0.316 e. The summed E-state index contributed by atoms with van der Waals surface area (Å²) in [6.07, 6.45) is 5.98. The Morgan fingerprint density at radius 1 is 1.15 bits per heavy atom. The van der Waals surface area contributed by atoms with Gasteiger partial charge in [0, 0.05) is 30.7 Å². The van der Waals surface area contributed by atoms with E-state index in [9.17, 15) is 14.4 Å². The maximum atomic E-state index is 13.5. The summed E-state index contributed by atoms with van der Waals surface area (Å²) in [6, 6.07) is 13.5. The van der Waals surface area contributed by atoms with Gasteiger partial charge in [0.05, 0.1) is 32.0 Å². The molecule has 4 unspecified atom stereocenters. The fraction of sp³-hybridized carbons (Fsp3) is 0.529. The van der Waals surface area contributed by atoms with Gasteiger partial charge in [-0.05, 0) is 67.8 Å². The molecule has 3 aliphatic rings. The van der Waals surface area contributed by atoms with Crippen LogP contribution in [0.1, 0.15) is 69.7 Å². The van der Waals surface area contributed by atoms with Crippen LogP contribution in [0.3, 0.4) is 0 Å². The van der Waals surface area contributed by atoms with Crippen molar-refractivity contribution in [2.45, 2.75) is 71.1 Å². The number of hydrogen-bond acceptors (Lipinski definition) is 8. The number of likely N-dealkylation sites (N-methyl/N-ethyl adjacent to an activating group) is 1. The van der Waals surface area contributed by atoms with Gasteiger partial charge in [0.25, 0.3) is 5.91 Å². The van der Waals surface area contributed by atoms with Crippen molar-refractivity contribution in [3.05, 3.63) is 59.2 Å². The minimum absolute atomic E-state index is 0. The Hall–Kier alpha value is -3.77. The van der Waals surface area contributed by atoms with Gasteiger partial charge in [-0.15, -0.1) is 0 Å². The number of hydrogen-bond donors (Lipinski definition) is 3. The van der Waals surface area contributed by atoms with Crippen LogP contribution in [0, 0.1) is 5.92 Å². The van der Waals surface area contributed by atoms with Crippen LogP contribution in [0.25, 0.3) is 0 Å². The standard InChI is InChI=1S/C27H33N3O4.C6H13N3OS.CH4/c1-5-6-7-24(31)29(2)17-25(32)30-27(19-9-12-20(33-3)13-10-19)22-15-11-18-8-14-21(34-4)16-23(18)26(22)28-30;1-4-6(7,3-11-2)9-5(10)8-4;/h8-10,12-14,16,22,27H,5-7,11,15,17H2,1-4H3;4H,3,7H2,1-2H3,(H2,8,9,10);1H4. The van der Waals surface area contributed by atoms with Gasteiger partial charge in [0.2, 0.25) is 5.91 Å². The predicted octanol–water partition coefficient (Wildman–Crippen LogP) is 4.54. The summed E-state index contributed by atoms with van der Waals surface area (Å²) in [5.74, 6) is 2.13. The number of carbonyl (C=O) groups is 3. The van der Waals surface area contributed by atoms with E-state index in [1.807, 2.05) is 56.5 Å². The summed E-state index contributed by atoms with van der Waals surface area (Å²) in [6.45, 7) is 3.95. The van der Waals surface area contributed by atoms with Crippen LogP contribution in [-0.2, 0) is 16.0 Å². The number of aryl methyl sites for hydroxylation is 1. The number of fused-ring (bicyclic) bond motifs is 3. The van der Waals surface area contributed by atoms with E-state index < -0.39 is 5.66 Å². The average Bonchev–Trinajstić information content (AvgIpc) is 3.55. The molecule has 1 fully saturated rings. The second kappa shape index (κ2) is 16.2. The molecule has 5 rings (SSSR count). The molecule has 46 heavy (non-hydrogen) atoms. The number of rotatable bonds is 10. The third-order valence-electron chi connectivity index (χ3n) is 8.63. The number of amides is 4. The summed E-state index contributed by atoms with van der Waals surface area (Å²) in [7, 11) is 4.98. The van der Waals surface area contributed by atoms with Crippen LogP contribution in [0.4, 0.5) is 4.79 Å². The fourth-order valence-corrected chi connectivity index (χ4v) is 6.72. The number of nitrogens with one attached hydrogen (secondary N) is 2. The highest BCUT2D eigenvalue weighted by atomic mass is 32.2. The molecule has 1 aliphatic carbocycles. The van der Waals surface area contributed by atoms with Gasteiger partial charge in [-0.3, -0.25) is 9.59 Å². The summed E-state index contributed by atoms with van der Waals surface area (Å²) in [5.41, 5.74) is 9.48. The number of thioether (sulfide) groups is 1. The number of methoxy groups -OCH3 is 2. The fourth-order valence-electron chi connectivity index (χ4n) is 5.92. The lowest BCUT2D eigenvalue weighted by Gasteiger charge is -2.30. The van der Waals surface area contributed by atoms with E-state index in [4.69, 9.17) is 20.3 Å². The Balaban J connectivity index is 0.000000408. The minimum atomic E-state index is -0.573. The van der Waals surface area contributed by atoms with E-state index >= 15 is 0 Å². The highest BCUT2D eigenvalue weighted by Gasteiger charge is 2.44. The monoisotopic (exact) mass is 654 g/mol. The Labute approximate surface area is 277 Å². The molecule has 2 aromatic carbocycles. The Morgan fingerprint density at radius 2 is 1.83 bits per heavy atom. The van der Waals surface area contributed by atoms with Crippen molar-refractivity contribution >= 4 is 35.3 Å². The molecule has 0 bridgehead atoms. The van der Waals surface area contributed by atoms with E-state index in [2.05, 4.69) is 16.7 Å². The minimum Gasteiger partial charge on any atom is -0.497 e. The SMILES string of the molecule is C.CCCCC(=O)N(C)CC(=O)N1N=C2c3cc(OC)ccc3CCC2C1c1ccc(OC)cc1.CSCC1(N)NC(=O)NC1C. The van der Waals surface area contributed by atoms with Crippen LogP contribution in [0.5, 0.6) is 11.5 Å². The number of ether oxygens (including phenoxy) is 2. The quantitative estimate of drug-likeness (QED) is 0.342. The van der Waals surface area contributed by atoms with E-state index in [-0.39, 0.29) is 49.8 Å². The number of nitrogens with zero attached hydrogens (tertiary/aromatic N) is 3. The first-order valence-electron chi connectivity index (χ1n) is 15.4. The van der Waals surface area contributed by atoms with Gasteiger partial charge < -0.3 is 30.7 Å². The second-order valence-corrected chi connectivity index (χ2v) is 12.6. The number of carbonyl (C=O) groups excluding carboxylic acids is 3. The Bertz CT molecular complexity index is 1400. The van der Waals surface area contributed by atoms with E-state index in [0.29, 0.717) is 6.42 Å². The summed E-state index contributed by atoms with van der Waals surface area (Å²) < 4.78 is 10.8. The first kappa shape index (κ1) is 36.7. The van der Waals surface area contributed by atoms with Crippen LogP contribution in [0.2, 0.25) is 0 Å². The van der Waals surface area contributed by atoms with Crippen LogP contribution >= 0.6 is 11.8 Å². The molecular weight excluding hydrogens is 604 g/mol. The van der Waals surface area contributed by atoms with Crippen molar-refractivity contribution in [2.24, 2.45) is 16.8 Å². The molecule has 12 heteroatoms. The third-order valence-corrected chi connectivity index (χ3v) is 9.40. The number of unbranched alkanes of at least 4 members (excludes halogenated alkanes) is 1. The van der Waals surface area contributed by atoms with Gasteiger partial charge in [-0.25, -0.2) is 9.80 Å². The van der Waals surface area contributed by atoms with Crippen LogP contribution in [-0.4, -0.2) is 85.0 Å². The summed E-state index contributed by atoms with van der Waals surface area (Å²) >= 11 is 1.62. The van der Waals surface area contributed by atoms with Gasteiger partial charge in [0.1, 0.15) is 23.7 Å². The normalized spacial score (nSPS) is 22.5. The van der Waals surface area contributed by atoms with Crippen molar-refractivity contribution in [1.29, 1.82) is 0 Å². The number of hydrazone groups is 1. The maximum absolute atomic E-state index is 13.5. The first-order valence-corrected chi connectivity index (χ1v) is 16.8. The summed E-state index contributed by atoms with van der Waals surface area (Å²) in [5, 5.41) is 11.9. The first-order chi connectivity index (χ1) is 21.5. The zero-order valence-corrected chi connectivity index (χ0v) is 27.9. The number of nitrogens with two attached hydrogens (primary N) is 1. The third kappa shape index (κ3) is 8.14. The van der Waals surface area contributed by atoms with Gasteiger partial charge in [0.15, 0.2) is 0 Å². The average molecular weight is 655 g/mol. The van der Waals surface area contributed by atoms with Crippen molar-refractivity contribution < 1.29 is 23.9 Å². The second-order valence-electron chi connectivity index (χ2n) is 11.8. The van der Waals surface area contributed by atoms with Crippen molar-refractivity contribution in [3.8, 4) is 11.5 Å². The Morgan fingerprint density at radius 3 is 2.41 bits per heavy atom. The van der Waals surface area contributed by atoms with E-state index in [1.165, 1.54) is 10.5 Å². The highest BCUT2D eigenvalue weighted by molar-refractivity contribution is 7.98. The molecule has 1 saturated heterocycles. The molecule has 252 valence electrons. The van der Waals surface area contributed by atoms with Gasteiger partial charge in [-0.2, -0.15) is 16.9 Å². The Kier molecular flexibility index (Phi) is 12.9. The molecule has 0 saturated carbocycles. The molecule has 0 spiro atoms. The predicted molar refractivity (Wildman–Crippen MR) is 184 cm³/mol. The zero-order valence-electron chi connectivity index (χ0n) is 27.1. The lowest BCUT2D eigenvalue weighted by molar-refractivity contribution is -0.141. The lowest BCUT2D eigenvalue weighted by atomic mass is 9.77. The molecule has 2 heterocycles. The zero-order chi connectivity index (χ0) is 32.7. The number of urea groups is 1. The van der Waals surface area contributed by atoms with Crippen molar-refractivity contribution in [3.63, 3.8) is 0 Å². The van der Waals surface area contributed by atoms with Gasteiger partial charge in [-0.1, -0.05) is 39.0 Å².